The number of carbonyl (C=O) groups is 1. The van der Waals surface area contributed by atoms with E-state index >= 15 is 4.39 Å². The standard InChI is InChI=1S/C38H73FO8Si4/c1-35(2,3)48(14,15)42-25-26-22-23-28(27(39)24-26)43-34-32(47-51(20,21)38(10,11)12)30(46-50(18,19)37(7,8)9)29(31(44-34)33(40)41-13)45-49(16,17)36(4,5)6/h22-24,29-32,34H,25H2,1-21H3/t29-,30+,31+,32-,34-/m1/s1. The Hall–Kier alpha value is -0.912. The molecule has 0 radical (unpaired) electrons. The van der Waals surface area contributed by atoms with Crippen molar-refractivity contribution in [1.29, 1.82) is 0 Å². The summed E-state index contributed by atoms with van der Waals surface area (Å²) >= 11 is 0. The summed E-state index contributed by atoms with van der Waals surface area (Å²) in [6.45, 7) is 43.5. The van der Waals surface area contributed by atoms with Crippen molar-refractivity contribution in [1.82, 2.24) is 0 Å². The minimum Gasteiger partial charge on any atom is -0.467 e. The molecule has 13 heteroatoms. The Labute approximate surface area is 314 Å². The summed E-state index contributed by atoms with van der Waals surface area (Å²) in [4.78, 5) is 13.7. The number of esters is 1. The van der Waals surface area contributed by atoms with E-state index in [1.54, 1.807) is 6.07 Å². The molecule has 51 heavy (non-hydrogen) atoms. The monoisotopic (exact) mass is 788 g/mol. The second kappa shape index (κ2) is 15.7. The summed E-state index contributed by atoms with van der Waals surface area (Å²) in [7, 11) is -8.35. The minimum absolute atomic E-state index is 0.0154. The molecule has 0 N–H and O–H groups in total. The third kappa shape index (κ3) is 11.1. The molecule has 0 unspecified atom stereocenters. The lowest BCUT2D eigenvalue weighted by atomic mass is 9.99. The zero-order chi connectivity index (χ0) is 40.0. The molecule has 8 nitrogen and oxygen atoms in total. The first-order valence-corrected chi connectivity index (χ1v) is 30.1. The Kier molecular flexibility index (Phi) is 14.2. The Bertz CT molecular complexity index is 1340. The highest BCUT2D eigenvalue weighted by Crippen LogP contribution is 2.46. The van der Waals surface area contributed by atoms with E-state index in [9.17, 15) is 4.79 Å². The molecule has 1 aromatic rings. The number of benzene rings is 1. The zero-order valence-electron chi connectivity index (χ0n) is 36.0. The van der Waals surface area contributed by atoms with Crippen molar-refractivity contribution >= 4 is 39.2 Å². The summed E-state index contributed by atoms with van der Waals surface area (Å²) in [5.74, 6) is -1.18. The van der Waals surface area contributed by atoms with Gasteiger partial charge in [0.25, 0.3) is 0 Å². The maximum Gasteiger partial charge on any atom is 0.337 e. The molecule has 1 fully saturated rings. The van der Waals surface area contributed by atoms with Gasteiger partial charge in [-0.15, -0.1) is 0 Å². The summed E-state index contributed by atoms with van der Waals surface area (Å²) in [6, 6.07) is 4.85. The third-order valence-corrected chi connectivity index (χ3v) is 30.2. The van der Waals surface area contributed by atoms with Crippen molar-refractivity contribution < 1.29 is 41.1 Å². The van der Waals surface area contributed by atoms with Gasteiger partial charge in [0.15, 0.2) is 50.9 Å². The number of methoxy groups -OCH3 is 1. The molecule has 1 aliphatic heterocycles. The van der Waals surface area contributed by atoms with Crippen LogP contribution < -0.4 is 4.74 Å². The average molecular weight is 789 g/mol. The van der Waals surface area contributed by atoms with Gasteiger partial charge in [-0.3, -0.25) is 0 Å². The summed E-state index contributed by atoms with van der Waals surface area (Å²) in [5.41, 5.74) is 0.706. The SMILES string of the molecule is COC(=O)[C@H]1O[C@@H](Oc2ccc(CO[Si](C)(C)C(C)(C)C)cc2F)[C@H](O[Si](C)(C)C(C)(C)C)[C@@H](O[Si](C)(C)C(C)(C)C)[C@H]1O[Si](C)(C)C(C)(C)C. The van der Waals surface area contributed by atoms with Crippen LogP contribution in [-0.2, 0) is 38.6 Å². The van der Waals surface area contributed by atoms with Gasteiger partial charge in [0.2, 0.25) is 6.29 Å². The van der Waals surface area contributed by atoms with E-state index in [1.165, 1.54) is 13.2 Å². The van der Waals surface area contributed by atoms with Gasteiger partial charge in [-0.2, -0.15) is 0 Å². The van der Waals surface area contributed by atoms with Crippen LogP contribution in [0.4, 0.5) is 4.39 Å². The summed E-state index contributed by atoms with van der Waals surface area (Å²) in [5, 5.41) is -0.528. The molecule has 1 aromatic carbocycles. The lowest BCUT2D eigenvalue weighted by molar-refractivity contribution is -0.263. The minimum atomic E-state index is -2.55. The number of rotatable bonds is 12. The van der Waals surface area contributed by atoms with E-state index in [1.807, 2.05) is 6.07 Å². The predicted molar refractivity (Wildman–Crippen MR) is 216 cm³/mol. The van der Waals surface area contributed by atoms with Crippen LogP contribution in [0.15, 0.2) is 18.2 Å². The first-order chi connectivity index (χ1) is 22.6. The van der Waals surface area contributed by atoms with Gasteiger partial charge in [-0.05, 0) is 90.2 Å². The molecule has 296 valence electrons. The van der Waals surface area contributed by atoms with E-state index in [0.717, 1.165) is 0 Å². The van der Waals surface area contributed by atoms with Gasteiger partial charge in [-0.25, -0.2) is 9.18 Å². The molecule has 0 saturated carbocycles. The maximum atomic E-state index is 16.0. The van der Waals surface area contributed by atoms with Gasteiger partial charge >= 0.3 is 5.97 Å². The van der Waals surface area contributed by atoms with Crippen LogP contribution in [0.1, 0.15) is 88.6 Å². The van der Waals surface area contributed by atoms with Crippen LogP contribution in [0, 0.1) is 5.82 Å². The van der Waals surface area contributed by atoms with Gasteiger partial charge in [0.1, 0.15) is 18.3 Å². The van der Waals surface area contributed by atoms with E-state index in [2.05, 4.69) is 135 Å². The van der Waals surface area contributed by atoms with Crippen molar-refractivity contribution in [2.75, 3.05) is 7.11 Å². The first-order valence-electron chi connectivity index (χ1n) is 18.4. The van der Waals surface area contributed by atoms with E-state index in [-0.39, 0.29) is 25.9 Å². The van der Waals surface area contributed by atoms with Gasteiger partial charge in [-0.1, -0.05) is 89.2 Å². The van der Waals surface area contributed by atoms with E-state index < -0.39 is 75.8 Å². The molecular weight excluding hydrogens is 716 g/mol. The van der Waals surface area contributed by atoms with Crippen LogP contribution in [0.25, 0.3) is 0 Å². The molecule has 0 spiro atoms. The topological polar surface area (TPSA) is 81.7 Å². The fraction of sp³-hybridized carbons (Fsp3) is 0.816. The van der Waals surface area contributed by atoms with Crippen LogP contribution >= 0.6 is 0 Å². The number of hydrogen-bond acceptors (Lipinski definition) is 8. The zero-order valence-corrected chi connectivity index (χ0v) is 40.0. The highest BCUT2D eigenvalue weighted by atomic mass is 28.4. The second-order valence-corrected chi connectivity index (χ2v) is 39.5. The fourth-order valence-electron chi connectivity index (χ4n) is 4.49. The van der Waals surface area contributed by atoms with E-state index in [0.29, 0.717) is 12.2 Å². The smallest absolute Gasteiger partial charge is 0.337 e. The molecule has 0 bridgehead atoms. The van der Waals surface area contributed by atoms with Gasteiger partial charge in [0, 0.05) is 0 Å². The second-order valence-electron chi connectivity index (χ2n) is 20.4. The Morgan fingerprint density at radius 2 is 1.08 bits per heavy atom. The molecule has 1 aliphatic rings. The van der Waals surface area contributed by atoms with E-state index in [4.69, 9.17) is 31.9 Å². The Balaban J connectivity index is 2.78. The third-order valence-electron chi connectivity index (χ3n) is 12.3. The van der Waals surface area contributed by atoms with Crippen molar-refractivity contribution in [3.8, 4) is 5.75 Å². The lowest BCUT2D eigenvalue weighted by Gasteiger charge is -2.53. The Morgan fingerprint density at radius 3 is 1.47 bits per heavy atom. The molecule has 0 amide bonds. The molecule has 0 aliphatic carbocycles. The molecule has 1 saturated heterocycles. The molecule has 5 atom stereocenters. The van der Waals surface area contributed by atoms with Crippen LogP contribution in [0.5, 0.6) is 5.75 Å². The number of ether oxygens (including phenoxy) is 3. The molecule has 0 aromatic heterocycles. The van der Waals surface area contributed by atoms with Gasteiger partial charge in [0.05, 0.1) is 13.7 Å². The molecular formula is C38H73FO8Si4. The quantitative estimate of drug-likeness (QED) is 0.153. The Morgan fingerprint density at radius 1 is 0.667 bits per heavy atom. The number of halogens is 1. The highest BCUT2D eigenvalue weighted by Gasteiger charge is 2.59. The summed E-state index contributed by atoms with van der Waals surface area (Å²) in [6.07, 6.45) is -4.90. The van der Waals surface area contributed by atoms with Crippen LogP contribution in [-0.4, -0.2) is 77.1 Å². The van der Waals surface area contributed by atoms with Crippen LogP contribution in [0.2, 0.25) is 72.5 Å². The maximum absolute atomic E-state index is 16.0. The fourth-order valence-corrected chi connectivity index (χ4v) is 9.32. The van der Waals surface area contributed by atoms with Crippen molar-refractivity contribution in [3.63, 3.8) is 0 Å². The lowest BCUT2D eigenvalue weighted by Crippen LogP contribution is -2.69. The first kappa shape index (κ1) is 46.2. The number of hydrogen-bond donors (Lipinski definition) is 0. The normalized spacial score (nSPS) is 23.3. The van der Waals surface area contributed by atoms with Gasteiger partial charge < -0.3 is 31.9 Å². The van der Waals surface area contributed by atoms with Crippen molar-refractivity contribution in [3.05, 3.63) is 29.6 Å². The van der Waals surface area contributed by atoms with Crippen molar-refractivity contribution in [2.45, 2.75) is 193 Å². The molecule has 1 heterocycles. The molecule has 2 rings (SSSR count). The highest BCUT2D eigenvalue weighted by molar-refractivity contribution is 6.75. The summed E-state index contributed by atoms with van der Waals surface area (Å²) < 4.78 is 62.3. The average Bonchev–Trinajstić information content (AvgIpc) is 2.92. The van der Waals surface area contributed by atoms with Crippen molar-refractivity contribution in [2.24, 2.45) is 0 Å². The van der Waals surface area contributed by atoms with Crippen LogP contribution in [0.3, 0.4) is 0 Å². The predicted octanol–water partition coefficient (Wildman–Crippen LogP) is 10.8. The number of carbonyl (C=O) groups excluding carboxylic acids is 1. The largest absolute Gasteiger partial charge is 0.467 e.